The van der Waals surface area contributed by atoms with Crippen LogP contribution in [0, 0.1) is 0 Å². The number of anilines is 2. The van der Waals surface area contributed by atoms with E-state index in [9.17, 15) is 9.59 Å². The fraction of sp³-hybridized carbons (Fsp3) is 0.222. The zero-order valence-electron chi connectivity index (χ0n) is 12.6. The molecule has 0 aromatic heterocycles. The zero-order valence-corrected chi connectivity index (χ0v) is 12.6. The summed E-state index contributed by atoms with van der Waals surface area (Å²) in [6.07, 6.45) is 2.48. The van der Waals surface area contributed by atoms with Gasteiger partial charge in [0.15, 0.2) is 0 Å². The summed E-state index contributed by atoms with van der Waals surface area (Å²) in [7, 11) is 0. The summed E-state index contributed by atoms with van der Waals surface area (Å²) >= 11 is 0. The minimum atomic E-state index is -0.980. The number of carboxylic acids is 1. The van der Waals surface area contributed by atoms with Gasteiger partial charge in [-0.15, -0.1) is 0 Å². The summed E-state index contributed by atoms with van der Waals surface area (Å²) in [5.74, 6) is -1.05. The third-order valence-corrected chi connectivity index (χ3v) is 3.97. The molecule has 2 aromatic rings. The van der Waals surface area contributed by atoms with Crippen LogP contribution in [0.15, 0.2) is 48.5 Å². The van der Waals surface area contributed by atoms with Gasteiger partial charge in [0.1, 0.15) is 6.04 Å². The Bertz CT molecular complexity index is 728. The molecule has 118 valence electrons. The Kier molecular flexibility index (Phi) is 4.28. The van der Waals surface area contributed by atoms with Gasteiger partial charge in [0.25, 0.3) is 0 Å². The van der Waals surface area contributed by atoms with E-state index in [0.29, 0.717) is 17.8 Å². The summed E-state index contributed by atoms with van der Waals surface area (Å²) in [6, 6.07) is 14.5. The lowest BCUT2D eigenvalue weighted by Crippen LogP contribution is -2.38. The van der Waals surface area contributed by atoms with Crippen LogP contribution in [0.5, 0.6) is 0 Å². The summed E-state index contributed by atoms with van der Waals surface area (Å²) in [5.41, 5.74) is 2.74. The minimum absolute atomic E-state index is 0.0753. The second-order valence-corrected chi connectivity index (χ2v) is 5.63. The number of hydrogen-bond donors (Lipinski definition) is 3. The molecule has 1 atom stereocenters. The lowest BCUT2D eigenvalue weighted by molar-refractivity contribution is -0.117. The van der Waals surface area contributed by atoms with Gasteiger partial charge in [0.2, 0.25) is 5.91 Å². The van der Waals surface area contributed by atoms with Gasteiger partial charge in [-0.25, -0.2) is 4.79 Å². The van der Waals surface area contributed by atoms with Crippen LogP contribution in [0.4, 0.5) is 11.4 Å². The van der Waals surface area contributed by atoms with E-state index in [-0.39, 0.29) is 17.5 Å². The van der Waals surface area contributed by atoms with Crippen molar-refractivity contribution in [2.45, 2.75) is 25.3 Å². The lowest BCUT2D eigenvalue weighted by Gasteiger charge is -2.27. The topological polar surface area (TPSA) is 78.4 Å². The molecule has 1 aliphatic rings. The van der Waals surface area contributed by atoms with Crippen LogP contribution in [0.3, 0.4) is 0 Å². The van der Waals surface area contributed by atoms with Gasteiger partial charge in [-0.05, 0) is 43.0 Å². The molecule has 1 unspecified atom stereocenters. The summed E-state index contributed by atoms with van der Waals surface area (Å²) < 4.78 is 0. The highest BCUT2D eigenvalue weighted by molar-refractivity contribution is 6.04. The number of aryl methyl sites for hydroxylation is 1. The smallest absolute Gasteiger partial charge is 0.335 e. The van der Waals surface area contributed by atoms with E-state index < -0.39 is 5.97 Å². The first-order valence-corrected chi connectivity index (χ1v) is 7.62. The van der Waals surface area contributed by atoms with E-state index in [1.807, 2.05) is 18.2 Å². The van der Waals surface area contributed by atoms with E-state index in [4.69, 9.17) is 5.11 Å². The molecule has 0 spiro atoms. The average Bonchev–Trinajstić information content (AvgIpc) is 2.56. The first kappa shape index (κ1) is 15.1. The molecule has 0 saturated heterocycles. The van der Waals surface area contributed by atoms with E-state index in [1.165, 1.54) is 11.6 Å². The molecule has 0 fully saturated rings. The molecule has 1 heterocycles. The number of aromatic carboxylic acids is 1. The van der Waals surface area contributed by atoms with Crippen LogP contribution >= 0.6 is 0 Å². The molecule has 0 radical (unpaired) electrons. The second-order valence-electron chi connectivity index (χ2n) is 5.63. The first-order chi connectivity index (χ1) is 11.1. The van der Waals surface area contributed by atoms with E-state index in [2.05, 4.69) is 22.8 Å². The number of carbonyl (C=O) groups excluding carboxylic acids is 1. The summed E-state index contributed by atoms with van der Waals surface area (Å²) in [4.78, 5) is 23.2. The fourth-order valence-corrected chi connectivity index (χ4v) is 2.74. The van der Waals surface area contributed by atoms with Gasteiger partial charge in [-0.2, -0.15) is 0 Å². The highest BCUT2D eigenvalue weighted by atomic mass is 16.4. The van der Waals surface area contributed by atoms with Gasteiger partial charge in [0.05, 0.1) is 16.9 Å². The zero-order chi connectivity index (χ0) is 16.2. The number of benzene rings is 2. The van der Waals surface area contributed by atoms with Crippen molar-refractivity contribution in [2.75, 3.05) is 10.6 Å². The number of rotatable bonds is 5. The number of fused-ring (bicyclic) bond motifs is 1. The van der Waals surface area contributed by atoms with E-state index in [1.54, 1.807) is 12.1 Å². The van der Waals surface area contributed by atoms with Crippen molar-refractivity contribution in [3.05, 3.63) is 59.7 Å². The predicted octanol–water partition coefficient (Wildman–Crippen LogP) is 3.14. The van der Waals surface area contributed by atoms with Crippen LogP contribution in [0.1, 0.15) is 28.8 Å². The van der Waals surface area contributed by atoms with Gasteiger partial charge in [-0.1, -0.05) is 30.3 Å². The quantitative estimate of drug-likeness (QED) is 0.793. The Balaban J connectivity index is 1.64. The van der Waals surface area contributed by atoms with Crippen molar-refractivity contribution in [1.29, 1.82) is 0 Å². The Hall–Kier alpha value is -2.82. The predicted molar refractivity (Wildman–Crippen MR) is 88.8 cm³/mol. The van der Waals surface area contributed by atoms with Gasteiger partial charge in [0, 0.05) is 0 Å². The molecule has 3 rings (SSSR count). The van der Waals surface area contributed by atoms with Gasteiger partial charge < -0.3 is 15.7 Å². The maximum Gasteiger partial charge on any atom is 0.335 e. The van der Waals surface area contributed by atoms with Crippen molar-refractivity contribution in [3.63, 3.8) is 0 Å². The third-order valence-electron chi connectivity index (χ3n) is 3.97. The average molecular weight is 310 g/mol. The van der Waals surface area contributed by atoms with Gasteiger partial charge in [-0.3, -0.25) is 4.79 Å². The van der Waals surface area contributed by atoms with Gasteiger partial charge >= 0.3 is 5.97 Å². The summed E-state index contributed by atoms with van der Waals surface area (Å²) in [5, 5.41) is 15.0. The highest BCUT2D eigenvalue weighted by Crippen LogP contribution is 2.29. The SMILES string of the molecule is O=C(O)c1ccc2c(c1)NC(CCCc1ccccc1)C(=O)N2. The molecule has 0 aliphatic carbocycles. The van der Waals surface area contributed by atoms with Crippen LogP contribution in [0.2, 0.25) is 0 Å². The Labute approximate surface area is 134 Å². The van der Waals surface area contributed by atoms with E-state index >= 15 is 0 Å². The lowest BCUT2D eigenvalue weighted by atomic mass is 10.0. The molecule has 5 heteroatoms. The number of carboxylic acid groups (broad SMARTS) is 1. The third kappa shape index (κ3) is 3.51. The molecular weight excluding hydrogens is 292 g/mol. The van der Waals surface area contributed by atoms with Crippen molar-refractivity contribution in [1.82, 2.24) is 0 Å². The Morgan fingerprint density at radius 3 is 2.61 bits per heavy atom. The van der Waals surface area contributed by atoms with Crippen LogP contribution in [0.25, 0.3) is 0 Å². The normalized spacial score (nSPS) is 16.2. The van der Waals surface area contributed by atoms with Crippen molar-refractivity contribution >= 4 is 23.3 Å². The molecule has 3 N–H and O–H groups in total. The monoisotopic (exact) mass is 310 g/mol. The maximum absolute atomic E-state index is 12.1. The van der Waals surface area contributed by atoms with Crippen LogP contribution in [-0.2, 0) is 11.2 Å². The molecular formula is C18H18N2O3. The van der Waals surface area contributed by atoms with Crippen LogP contribution in [-0.4, -0.2) is 23.0 Å². The minimum Gasteiger partial charge on any atom is -0.478 e. The second kappa shape index (κ2) is 6.52. The number of nitrogens with one attached hydrogen (secondary N) is 2. The number of hydrogen-bond acceptors (Lipinski definition) is 3. The molecule has 23 heavy (non-hydrogen) atoms. The number of carbonyl (C=O) groups is 2. The highest BCUT2D eigenvalue weighted by Gasteiger charge is 2.25. The van der Waals surface area contributed by atoms with Crippen molar-refractivity contribution in [3.8, 4) is 0 Å². The number of amides is 1. The van der Waals surface area contributed by atoms with Crippen molar-refractivity contribution < 1.29 is 14.7 Å². The molecule has 2 aromatic carbocycles. The first-order valence-electron chi connectivity index (χ1n) is 7.62. The molecule has 1 aliphatic heterocycles. The maximum atomic E-state index is 12.1. The standard InChI is InChI=1S/C18H18N2O3/c21-17-15(8-4-7-12-5-2-1-3-6-12)19-16-11-13(18(22)23)9-10-14(16)20-17/h1-3,5-6,9-11,15,19H,4,7-8H2,(H,20,21)(H,22,23). The Morgan fingerprint density at radius 1 is 1.09 bits per heavy atom. The molecule has 0 bridgehead atoms. The molecule has 0 saturated carbocycles. The fourth-order valence-electron chi connectivity index (χ4n) is 2.74. The Morgan fingerprint density at radius 2 is 1.87 bits per heavy atom. The van der Waals surface area contributed by atoms with Crippen LogP contribution < -0.4 is 10.6 Å². The molecule has 1 amide bonds. The molecule has 5 nitrogen and oxygen atoms in total. The summed E-state index contributed by atoms with van der Waals surface area (Å²) in [6.45, 7) is 0. The van der Waals surface area contributed by atoms with E-state index in [0.717, 1.165) is 12.8 Å². The largest absolute Gasteiger partial charge is 0.478 e. The van der Waals surface area contributed by atoms with Crippen molar-refractivity contribution in [2.24, 2.45) is 0 Å².